The molecule has 0 bridgehead atoms. The highest BCUT2D eigenvalue weighted by Crippen LogP contribution is 2.27. The van der Waals surface area contributed by atoms with Crippen molar-refractivity contribution < 1.29 is 13.2 Å². The molecule has 0 heterocycles. The lowest BCUT2D eigenvalue weighted by molar-refractivity contribution is -0.119. The topological polar surface area (TPSA) is 78.8 Å². The minimum absolute atomic E-state index is 0.0679. The van der Waals surface area contributed by atoms with Crippen molar-refractivity contribution in [1.29, 1.82) is 0 Å². The number of hydrazone groups is 1. The van der Waals surface area contributed by atoms with E-state index in [4.69, 9.17) is 11.6 Å². The number of halogens is 2. The zero-order valence-electron chi connectivity index (χ0n) is 17.4. The minimum Gasteiger partial charge on any atom is -0.271 e. The number of carbonyl (C=O) groups is 1. The molecule has 0 aliphatic heterocycles. The van der Waals surface area contributed by atoms with Gasteiger partial charge in [0.05, 0.1) is 16.3 Å². The molecule has 0 radical (unpaired) electrons. The lowest BCUT2D eigenvalue weighted by atomic mass is 10.1. The Morgan fingerprint density at radius 1 is 1.06 bits per heavy atom. The van der Waals surface area contributed by atoms with E-state index in [0.717, 1.165) is 19.9 Å². The minimum atomic E-state index is -4.02. The summed E-state index contributed by atoms with van der Waals surface area (Å²) in [6.07, 6.45) is 0. The van der Waals surface area contributed by atoms with Crippen LogP contribution in [-0.2, 0) is 14.8 Å². The average molecular weight is 535 g/mol. The van der Waals surface area contributed by atoms with Crippen molar-refractivity contribution in [2.75, 3.05) is 10.8 Å². The van der Waals surface area contributed by atoms with Crippen LogP contribution in [0.5, 0.6) is 0 Å². The molecule has 0 saturated carbocycles. The first-order chi connectivity index (χ1) is 15.2. The van der Waals surface area contributed by atoms with Crippen LogP contribution in [0.3, 0.4) is 0 Å². The summed E-state index contributed by atoms with van der Waals surface area (Å²) in [4.78, 5) is 12.8. The molecule has 1 amide bonds. The monoisotopic (exact) mass is 533 g/mol. The van der Waals surface area contributed by atoms with Crippen LogP contribution in [-0.4, -0.2) is 26.6 Å². The molecule has 3 aromatic carbocycles. The number of rotatable bonds is 7. The third-order valence-electron chi connectivity index (χ3n) is 4.65. The predicted molar refractivity (Wildman–Crippen MR) is 132 cm³/mol. The van der Waals surface area contributed by atoms with Crippen molar-refractivity contribution in [2.45, 2.75) is 18.7 Å². The van der Waals surface area contributed by atoms with Gasteiger partial charge in [-0.1, -0.05) is 63.9 Å². The molecule has 0 saturated heterocycles. The van der Waals surface area contributed by atoms with Gasteiger partial charge in [-0.2, -0.15) is 5.10 Å². The van der Waals surface area contributed by atoms with Gasteiger partial charge in [0.25, 0.3) is 15.9 Å². The number of nitrogens with one attached hydrogen (secondary N) is 1. The van der Waals surface area contributed by atoms with E-state index in [1.807, 2.05) is 31.2 Å². The Morgan fingerprint density at radius 3 is 2.44 bits per heavy atom. The highest BCUT2D eigenvalue weighted by atomic mass is 79.9. The molecule has 3 aromatic rings. The first kappa shape index (κ1) is 24.0. The van der Waals surface area contributed by atoms with Gasteiger partial charge in [-0.3, -0.25) is 9.10 Å². The third-order valence-corrected chi connectivity index (χ3v) is 7.34. The van der Waals surface area contributed by atoms with E-state index in [1.165, 1.54) is 18.2 Å². The lowest BCUT2D eigenvalue weighted by Crippen LogP contribution is -2.39. The molecule has 6 nitrogen and oxygen atoms in total. The number of amides is 1. The van der Waals surface area contributed by atoms with E-state index < -0.39 is 22.5 Å². The average Bonchev–Trinajstić information content (AvgIpc) is 2.78. The van der Waals surface area contributed by atoms with Gasteiger partial charge >= 0.3 is 0 Å². The summed E-state index contributed by atoms with van der Waals surface area (Å²) in [7, 11) is -4.02. The molecule has 3 rings (SSSR count). The van der Waals surface area contributed by atoms with E-state index in [2.05, 4.69) is 26.5 Å². The molecule has 1 N–H and O–H groups in total. The Bertz CT molecular complexity index is 1260. The smallest absolute Gasteiger partial charge is 0.264 e. The number of anilines is 1. The Labute approximate surface area is 201 Å². The van der Waals surface area contributed by atoms with Gasteiger partial charge in [0.2, 0.25) is 0 Å². The summed E-state index contributed by atoms with van der Waals surface area (Å²) >= 11 is 9.62. The van der Waals surface area contributed by atoms with Gasteiger partial charge in [-0.15, -0.1) is 0 Å². The fourth-order valence-electron chi connectivity index (χ4n) is 2.86. The van der Waals surface area contributed by atoms with E-state index in [-0.39, 0.29) is 10.6 Å². The number of hydrogen-bond acceptors (Lipinski definition) is 4. The Kier molecular flexibility index (Phi) is 7.71. The fourth-order valence-corrected chi connectivity index (χ4v) is 4.87. The largest absolute Gasteiger partial charge is 0.271 e. The van der Waals surface area contributed by atoms with Crippen LogP contribution in [0.15, 0.2) is 87.3 Å². The second kappa shape index (κ2) is 10.3. The molecule has 0 unspecified atom stereocenters. The molecular formula is C23H21BrClN3O3S. The Balaban J connectivity index is 1.89. The third kappa shape index (κ3) is 5.76. The van der Waals surface area contributed by atoms with E-state index >= 15 is 0 Å². The maximum atomic E-state index is 13.3. The summed E-state index contributed by atoms with van der Waals surface area (Å²) in [5, 5.41) is 4.52. The molecule has 0 aromatic heterocycles. The summed E-state index contributed by atoms with van der Waals surface area (Å²) in [6, 6.07) is 20.2. The van der Waals surface area contributed by atoms with Crippen LogP contribution in [0.2, 0.25) is 5.02 Å². The summed E-state index contributed by atoms with van der Waals surface area (Å²) in [5.74, 6) is -0.587. The second-order valence-corrected chi connectivity index (χ2v) is 10.2. The molecule has 9 heteroatoms. The molecule has 0 spiro atoms. The normalized spacial score (nSPS) is 11.8. The van der Waals surface area contributed by atoms with Gasteiger partial charge in [0, 0.05) is 9.50 Å². The SMILES string of the molecule is C/C(=N/NC(=O)CN(c1ccc(C)c(Cl)c1)S(=O)(=O)c1ccccc1)c1cccc(Br)c1. The molecule has 0 aliphatic carbocycles. The molecule has 0 fully saturated rings. The van der Waals surface area contributed by atoms with Crippen LogP contribution in [0.25, 0.3) is 0 Å². The van der Waals surface area contributed by atoms with Crippen molar-refractivity contribution in [3.63, 3.8) is 0 Å². The standard InChI is InChI=1S/C23H21BrClN3O3S/c1-16-11-12-20(14-22(16)25)28(32(30,31)21-9-4-3-5-10-21)15-23(29)27-26-17(2)18-7-6-8-19(24)13-18/h3-14H,15H2,1-2H3,(H,27,29)/b26-17-. The van der Waals surface area contributed by atoms with Crippen molar-refractivity contribution in [3.05, 3.63) is 93.4 Å². The quantitative estimate of drug-likeness (QED) is 0.336. The van der Waals surface area contributed by atoms with Crippen molar-refractivity contribution in [2.24, 2.45) is 5.10 Å². The van der Waals surface area contributed by atoms with E-state index in [9.17, 15) is 13.2 Å². The maximum Gasteiger partial charge on any atom is 0.264 e. The van der Waals surface area contributed by atoms with Crippen molar-refractivity contribution in [3.8, 4) is 0 Å². The van der Waals surface area contributed by atoms with Gasteiger partial charge in [0.1, 0.15) is 6.54 Å². The molecule has 0 atom stereocenters. The Morgan fingerprint density at radius 2 is 1.78 bits per heavy atom. The van der Waals surface area contributed by atoms with E-state index in [1.54, 1.807) is 37.3 Å². The number of aryl methyl sites for hydroxylation is 1. The highest BCUT2D eigenvalue weighted by molar-refractivity contribution is 9.10. The van der Waals surface area contributed by atoms with Crippen LogP contribution in [0, 0.1) is 6.92 Å². The van der Waals surface area contributed by atoms with Gasteiger partial charge < -0.3 is 0 Å². The van der Waals surface area contributed by atoms with Gasteiger partial charge in [-0.25, -0.2) is 13.8 Å². The van der Waals surface area contributed by atoms with E-state index in [0.29, 0.717) is 10.7 Å². The Hall–Kier alpha value is -2.68. The number of hydrogen-bond donors (Lipinski definition) is 1. The molecule has 0 aliphatic rings. The zero-order valence-corrected chi connectivity index (χ0v) is 20.6. The van der Waals surface area contributed by atoms with Crippen LogP contribution < -0.4 is 9.73 Å². The summed E-state index contributed by atoms with van der Waals surface area (Å²) in [5.41, 5.74) is 4.92. The molecule has 166 valence electrons. The molecular weight excluding hydrogens is 514 g/mol. The number of nitrogens with zero attached hydrogens (tertiary/aromatic N) is 2. The second-order valence-electron chi connectivity index (χ2n) is 7.00. The van der Waals surface area contributed by atoms with Gasteiger partial charge in [-0.05, 0) is 61.4 Å². The lowest BCUT2D eigenvalue weighted by Gasteiger charge is -2.24. The van der Waals surface area contributed by atoms with Crippen LogP contribution in [0.1, 0.15) is 18.1 Å². The summed E-state index contributed by atoms with van der Waals surface area (Å²) in [6.45, 7) is 3.10. The van der Waals surface area contributed by atoms with Crippen LogP contribution in [0.4, 0.5) is 5.69 Å². The van der Waals surface area contributed by atoms with Crippen molar-refractivity contribution in [1.82, 2.24) is 5.43 Å². The number of carbonyl (C=O) groups excluding carboxylic acids is 1. The number of sulfonamides is 1. The number of benzene rings is 3. The van der Waals surface area contributed by atoms with Gasteiger partial charge in [0.15, 0.2) is 0 Å². The molecule has 32 heavy (non-hydrogen) atoms. The first-order valence-corrected chi connectivity index (χ1v) is 12.2. The predicted octanol–water partition coefficient (Wildman–Crippen LogP) is 5.15. The highest BCUT2D eigenvalue weighted by Gasteiger charge is 2.27. The fraction of sp³-hybridized carbons (Fsp3) is 0.130. The first-order valence-electron chi connectivity index (χ1n) is 9.61. The van der Waals surface area contributed by atoms with Crippen molar-refractivity contribution >= 4 is 54.9 Å². The van der Waals surface area contributed by atoms with Crippen LogP contribution >= 0.6 is 27.5 Å². The maximum absolute atomic E-state index is 13.3. The zero-order chi connectivity index (χ0) is 23.3. The summed E-state index contributed by atoms with van der Waals surface area (Å²) < 4.78 is 28.5.